The van der Waals surface area contributed by atoms with Gasteiger partial charge in [0.25, 0.3) is 0 Å². The molecule has 1 aromatic heterocycles. The minimum absolute atomic E-state index is 0.329. The van der Waals surface area contributed by atoms with Crippen LogP contribution in [0.5, 0.6) is 5.75 Å². The molecule has 5 heteroatoms. The maximum Gasteiger partial charge on any atom is 0.338 e. The summed E-state index contributed by atoms with van der Waals surface area (Å²) < 4.78 is 10.6. The van der Waals surface area contributed by atoms with Gasteiger partial charge in [0.2, 0.25) is 0 Å². The summed E-state index contributed by atoms with van der Waals surface area (Å²) in [7, 11) is 0. The van der Waals surface area contributed by atoms with Crippen LogP contribution in [0.25, 0.3) is 0 Å². The lowest BCUT2D eigenvalue weighted by Gasteiger charge is -2.10. The number of carbonyl (C=O) groups excluding carboxylic acids is 1. The summed E-state index contributed by atoms with van der Waals surface area (Å²) in [5, 5.41) is 0. The van der Waals surface area contributed by atoms with E-state index in [0.717, 1.165) is 22.8 Å². The quantitative estimate of drug-likeness (QED) is 0.794. The van der Waals surface area contributed by atoms with E-state index in [1.165, 1.54) is 0 Å². The number of esters is 1. The molecule has 0 N–H and O–H groups in total. The largest absolute Gasteiger partial charge is 0.487 e. The Morgan fingerprint density at radius 2 is 1.64 bits per heavy atom. The number of rotatable bonds is 5. The summed E-state index contributed by atoms with van der Waals surface area (Å²) >= 11 is 0. The van der Waals surface area contributed by atoms with Gasteiger partial charge < -0.3 is 9.47 Å². The van der Waals surface area contributed by atoms with Crippen molar-refractivity contribution in [3.05, 3.63) is 52.6 Å². The number of aromatic nitrogens is 2. The summed E-state index contributed by atoms with van der Waals surface area (Å²) in [4.78, 5) is 20.5. The number of benzene rings is 1. The van der Waals surface area contributed by atoms with Crippen molar-refractivity contribution in [3.63, 3.8) is 0 Å². The molecule has 116 valence electrons. The highest BCUT2D eigenvalue weighted by Crippen LogP contribution is 2.16. The van der Waals surface area contributed by atoms with E-state index in [4.69, 9.17) is 9.47 Å². The first-order chi connectivity index (χ1) is 10.5. The predicted octanol–water partition coefficient (Wildman–Crippen LogP) is 3.16. The predicted molar refractivity (Wildman–Crippen MR) is 83.0 cm³/mol. The first kappa shape index (κ1) is 15.9. The molecule has 0 unspecified atom stereocenters. The van der Waals surface area contributed by atoms with Crippen LogP contribution in [0.4, 0.5) is 0 Å². The zero-order valence-electron chi connectivity index (χ0n) is 13.3. The van der Waals surface area contributed by atoms with Gasteiger partial charge in [0.15, 0.2) is 0 Å². The average Bonchev–Trinajstić information content (AvgIpc) is 2.50. The topological polar surface area (TPSA) is 61.3 Å². The molecule has 2 aromatic rings. The third-order valence-corrected chi connectivity index (χ3v) is 3.32. The van der Waals surface area contributed by atoms with Crippen molar-refractivity contribution >= 4 is 5.97 Å². The zero-order chi connectivity index (χ0) is 16.1. The van der Waals surface area contributed by atoms with Crippen LogP contribution in [0.1, 0.15) is 40.1 Å². The highest BCUT2D eigenvalue weighted by Gasteiger charge is 2.08. The van der Waals surface area contributed by atoms with E-state index in [0.29, 0.717) is 24.5 Å². The molecule has 0 saturated carbocycles. The van der Waals surface area contributed by atoms with Crippen molar-refractivity contribution < 1.29 is 14.3 Å². The van der Waals surface area contributed by atoms with Crippen LogP contribution in [-0.4, -0.2) is 22.5 Å². The van der Waals surface area contributed by atoms with Crippen molar-refractivity contribution in [2.24, 2.45) is 0 Å². The molecule has 0 fully saturated rings. The fourth-order valence-electron chi connectivity index (χ4n) is 1.95. The van der Waals surface area contributed by atoms with E-state index in [-0.39, 0.29) is 5.97 Å². The van der Waals surface area contributed by atoms with E-state index in [1.807, 2.05) is 20.8 Å². The summed E-state index contributed by atoms with van der Waals surface area (Å²) in [6, 6.07) is 6.87. The van der Waals surface area contributed by atoms with Crippen LogP contribution in [0.15, 0.2) is 24.3 Å². The van der Waals surface area contributed by atoms with Crippen LogP contribution in [0.3, 0.4) is 0 Å². The van der Waals surface area contributed by atoms with Crippen molar-refractivity contribution in [2.45, 2.75) is 34.3 Å². The van der Waals surface area contributed by atoms with Crippen molar-refractivity contribution in [2.75, 3.05) is 6.61 Å². The maximum absolute atomic E-state index is 11.6. The molecule has 5 nitrogen and oxygen atoms in total. The van der Waals surface area contributed by atoms with Crippen molar-refractivity contribution in [1.29, 1.82) is 0 Å². The smallest absolute Gasteiger partial charge is 0.338 e. The Hall–Kier alpha value is -2.43. The number of aryl methyl sites for hydroxylation is 3. The molecule has 0 bridgehead atoms. The molecule has 0 spiro atoms. The van der Waals surface area contributed by atoms with Gasteiger partial charge >= 0.3 is 5.97 Å². The Bertz CT molecular complexity index is 666. The molecule has 22 heavy (non-hydrogen) atoms. The van der Waals surface area contributed by atoms with Crippen LogP contribution in [0, 0.1) is 20.8 Å². The molecule has 0 saturated heterocycles. The number of hydrogen-bond acceptors (Lipinski definition) is 5. The van der Waals surface area contributed by atoms with Crippen LogP contribution >= 0.6 is 0 Å². The fourth-order valence-corrected chi connectivity index (χ4v) is 1.95. The fraction of sp³-hybridized carbons (Fsp3) is 0.353. The third-order valence-electron chi connectivity index (χ3n) is 3.32. The summed E-state index contributed by atoms with van der Waals surface area (Å²) in [5.74, 6) is 0.345. The second kappa shape index (κ2) is 7.02. The standard InChI is InChI=1S/C17H20N2O3/c1-5-21-17(20)14-6-8-15(9-7-14)22-10-16-13(4)18-11(2)12(3)19-16/h6-9H,5,10H2,1-4H3. The van der Waals surface area contributed by atoms with Gasteiger partial charge in [-0.2, -0.15) is 0 Å². The van der Waals surface area contributed by atoms with Gasteiger partial charge in [0.05, 0.1) is 34.9 Å². The van der Waals surface area contributed by atoms with Crippen molar-refractivity contribution in [1.82, 2.24) is 9.97 Å². The molecule has 1 aromatic carbocycles. The molecule has 0 atom stereocenters. The molecule has 2 rings (SSSR count). The lowest BCUT2D eigenvalue weighted by molar-refractivity contribution is 0.0526. The Kier molecular flexibility index (Phi) is 5.09. The maximum atomic E-state index is 11.6. The number of hydrogen-bond donors (Lipinski definition) is 0. The van der Waals surface area contributed by atoms with Gasteiger partial charge in [0.1, 0.15) is 12.4 Å². The minimum Gasteiger partial charge on any atom is -0.487 e. The lowest BCUT2D eigenvalue weighted by Crippen LogP contribution is -2.07. The van der Waals surface area contributed by atoms with Gasteiger partial charge in [-0.25, -0.2) is 4.79 Å². The van der Waals surface area contributed by atoms with Gasteiger partial charge in [-0.1, -0.05) is 0 Å². The Morgan fingerprint density at radius 3 is 2.27 bits per heavy atom. The molecular weight excluding hydrogens is 280 g/mol. The molecule has 1 heterocycles. The number of nitrogens with zero attached hydrogens (tertiary/aromatic N) is 2. The Morgan fingerprint density at radius 1 is 1.00 bits per heavy atom. The van der Waals surface area contributed by atoms with Crippen LogP contribution < -0.4 is 4.74 Å². The monoisotopic (exact) mass is 300 g/mol. The molecule has 0 radical (unpaired) electrons. The molecule has 0 aliphatic heterocycles. The molecular formula is C17H20N2O3. The highest BCUT2D eigenvalue weighted by molar-refractivity contribution is 5.89. The van der Waals surface area contributed by atoms with Crippen LogP contribution in [0.2, 0.25) is 0 Å². The zero-order valence-corrected chi connectivity index (χ0v) is 13.3. The normalized spacial score (nSPS) is 10.4. The minimum atomic E-state index is -0.329. The van der Waals surface area contributed by atoms with E-state index in [2.05, 4.69) is 9.97 Å². The van der Waals surface area contributed by atoms with Gasteiger partial charge in [-0.15, -0.1) is 0 Å². The second-order valence-corrected chi connectivity index (χ2v) is 4.96. The number of carbonyl (C=O) groups is 1. The molecule has 0 amide bonds. The van der Waals surface area contributed by atoms with Gasteiger partial charge in [0, 0.05) is 0 Å². The molecule has 0 aliphatic rings. The summed E-state index contributed by atoms with van der Waals surface area (Å²) in [5.41, 5.74) is 4.03. The van der Waals surface area contributed by atoms with Gasteiger partial charge in [-0.3, -0.25) is 9.97 Å². The Balaban J connectivity index is 2.03. The van der Waals surface area contributed by atoms with E-state index in [1.54, 1.807) is 31.2 Å². The number of ether oxygens (including phenoxy) is 2. The van der Waals surface area contributed by atoms with Crippen LogP contribution in [-0.2, 0) is 11.3 Å². The third kappa shape index (κ3) is 3.81. The Labute approximate surface area is 130 Å². The van der Waals surface area contributed by atoms with E-state index < -0.39 is 0 Å². The van der Waals surface area contributed by atoms with Gasteiger partial charge in [-0.05, 0) is 52.0 Å². The highest BCUT2D eigenvalue weighted by atomic mass is 16.5. The van der Waals surface area contributed by atoms with E-state index >= 15 is 0 Å². The summed E-state index contributed by atoms with van der Waals surface area (Å²) in [6.45, 7) is 8.28. The first-order valence-electron chi connectivity index (χ1n) is 7.22. The first-order valence-corrected chi connectivity index (χ1v) is 7.22. The average molecular weight is 300 g/mol. The SMILES string of the molecule is CCOC(=O)c1ccc(OCc2nc(C)c(C)nc2C)cc1. The van der Waals surface area contributed by atoms with E-state index in [9.17, 15) is 4.79 Å². The summed E-state index contributed by atoms with van der Waals surface area (Å²) in [6.07, 6.45) is 0. The second-order valence-electron chi connectivity index (χ2n) is 4.96. The lowest BCUT2D eigenvalue weighted by atomic mass is 10.2. The molecule has 0 aliphatic carbocycles. The van der Waals surface area contributed by atoms with Crippen molar-refractivity contribution in [3.8, 4) is 5.75 Å².